The summed E-state index contributed by atoms with van der Waals surface area (Å²) in [5.41, 5.74) is 3.93. The Morgan fingerprint density at radius 3 is 2.33 bits per heavy atom. The van der Waals surface area contributed by atoms with E-state index in [1.165, 1.54) is 0 Å². The highest BCUT2D eigenvalue weighted by Gasteiger charge is 2.42. The van der Waals surface area contributed by atoms with Gasteiger partial charge in [-0.15, -0.1) is 0 Å². The fraction of sp³-hybridized carbons (Fsp3) is 0.889. The van der Waals surface area contributed by atoms with E-state index in [9.17, 15) is 9.90 Å². The SMILES string of the molecule is CC1(C)CCCC(O)(C(N)=O)C1. The topological polar surface area (TPSA) is 63.3 Å². The molecule has 70 valence electrons. The lowest BCUT2D eigenvalue weighted by Gasteiger charge is -2.39. The molecule has 1 fully saturated rings. The maximum atomic E-state index is 10.9. The van der Waals surface area contributed by atoms with Gasteiger partial charge in [-0.3, -0.25) is 4.79 Å². The zero-order valence-corrected chi connectivity index (χ0v) is 7.76. The minimum Gasteiger partial charge on any atom is -0.380 e. The molecule has 3 N–H and O–H groups in total. The summed E-state index contributed by atoms with van der Waals surface area (Å²) in [5, 5.41) is 9.81. The highest BCUT2D eigenvalue weighted by Crippen LogP contribution is 2.40. The summed E-state index contributed by atoms with van der Waals surface area (Å²) < 4.78 is 0. The van der Waals surface area contributed by atoms with E-state index in [0.717, 1.165) is 12.8 Å². The van der Waals surface area contributed by atoms with Crippen LogP contribution in [0.3, 0.4) is 0 Å². The van der Waals surface area contributed by atoms with Crippen molar-refractivity contribution in [1.29, 1.82) is 0 Å². The third-order valence-corrected chi connectivity index (χ3v) is 2.67. The van der Waals surface area contributed by atoms with Crippen LogP contribution < -0.4 is 5.73 Å². The van der Waals surface area contributed by atoms with Crippen LogP contribution in [0.1, 0.15) is 39.5 Å². The predicted octanol–water partition coefficient (Wildman–Crippen LogP) is 0.803. The summed E-state index contributed by atoms with van der Waals surface area (Å²) >= 11 is 0. The van der Waals surface area contributed by atoms with Gasteiger partial charge in [0.25, 0.3) is 0 Å². The van der Waals surface area contributed by atoms with Crippen molar-refractivity contribution in [3.63, 3.8) is 0 Å². The molecule has 1 aliphatic rings. The molecule has 0 bridgehead atoms. The molecule has 1 amide bonds. The molecule has 3 nitrogen and oxygen atoms in total. The summed E-state index contributed by atoms with van der Waals surface area (Å²) in [6.45, 7) is 4.11. The fourth-order valence-corrected chi connectivity index (χ4v) is 2.04. The molecule has 1 saturated carbocycles. The molecule has 0 spiro atoms. The molecular formula is C9H17NO2. The number of primary amides is 1. The first-order valence-electron chi connectivity index (χ1n) is 4.38. The van der Waals surface area contributed by atoms with E-state index in [1.54, 1.807) is 0 Å². The van der Waals surface area contributed by atoms with Crippen molar-refractivity contribution in [2.45, 2.75) is 45.1 Å². The summed E-state index contributed by atoms with van der Waals surface area (Å²) in [4.78, 5) is 10.9. The van der Waals surface area contributed by atoms with E-state index in [-0.39, 0.29) is 5.41 Å². The van der Waals surface area contributed by atoms with Crippen molar-refractivity contribution < 1.29 is 9.90 Å². The number of rotatable bonds is 1. The summed E-state index contributed by atoms with van der Waals surface area (Å²) in [5.74, 6) is -0.574. The Morgan fingerprint density at radius 1 is 1.42 bits per heavy atom. The summed E-state index contributed by atoms with van der Waals surface area (Å²) in [6.07, 6.45) is 2.95. The van der Waals surface area contributed by atoms with Crippen LogP contribution in [0.25, 0.3) is 0 Å². The molecule has 0 radical (unpaired) electrons. The molecule has 0 saturated heterocycles. The van der Waals surface area contributed by atoms with Gasteiger partial charge in [-0.05, 0) is 31.1 Å². The lowest BCUT2D eigenvalue weighted by molar-refractivity contribution is -0.143. The quantitative estimate of drug-likeness (QED) is 0.613. The highest BCUT2D eigenvalue weighted by molar-refractivity contribution is 5.83. The number of hydrogen-bond acceptors (Lipinski definition) is 2. The van der Waals surface area contributed by atoms with Gasteiger partial charge in [0, 0.05) is 0 Å². The number of carbonyl (C=O) groups excluding carboxylic acids is 1. The molecule has 1 unspecified atom stereocenters. The number of hydrogen-bond donors (Lipinski definition) is 2. The molecule has 0 aliphatic heterocycles. The number of amides is 1. The zero-order chi connectivity index (χ0) is 9.41. The second kappa shape index (κ2) is 2.73. The minimum atomic E-state index is -1.25. The molecule has 12 heavy (non-hydrogen) atoms. The van der Waals surface area contributed by atoms with Gasteiger partial charge in [0.2, 0.25) is 5.91 Å². The standard InChI is InChI=1S/C9H17NO2/c1-8(2)4-3-5-9(12,6-8)7(10)11/h12H,3-6H2,1-2H3,(H2,10,11). The van der Waals surface area contributed by atoms with Crippen LogP contribution in [0, 0.1) is 5.41 Å². The Labute approximate surface area is 72.9 Å². The maximum Gasteiger partial charge on any atom is 0.249 e. The van der Waals surface area contributed by atoms with Gasteiger partial charge in [0.05, 0.1) is 0 Å². The molecule has 1 rings (SSSR count). The second-order valence-corrected chi connectivity index (χ2v) is 4.59. The number of aliphatic hydroxyl groups is 1. The Balaban J connectivity index is 2.74. The van der Waals surface area contributed by atoms with Crippen molar-refractivity contribution in [3.8, 4) is 0 Å². The van der Waals surface area contributed by atoms with Gasteiger partial charge < -0.3 is 10.8 Å². The van der Waals surface area contributed by atoms with Gasteiger partial charge in [-0.2, -0.15) is 0 Å². The van der Waals surface area contributed by atoms with Gasteiger partial charge >= 0.3 is 0 Å². The minimum absolute atomic E-state index is 0.0437. The van der Waals surface area contributed by atoms with E-state index in [4.69, 9.17) is 5.73 Å². The number of nitrogens with two attached hydrogens (primary N) is 1. The van der Waals surface area contributed by atoms with Crippen LogP contribution in [-0.4, -0.2) is 16.6 Å². The van der Waals surface area contributed by atoms with E-state index in [0.29, 0.717) is 12.8 Å². The first kappa shape index (κ1) is 9.52. The zero-order valence-electron chi connectivity index (χ0n) is 7.76. The summed E-state index contributed by atoms with van der Waals surface area (Å²) in [6, 6.07) is 0. The molecule has 0 aromatic heterocycles. The second-order valence-electron chi connectivity index (χ2n) is 4.59. The van der Waals surface area contributed by atoms with Crippen LogP contribution in [0.4, 0.5) is 0 Å². The van der Waals surface area contributed by atoms with Crippen LogP contribution in [-0.2, 0) is 4.79 Å². The van der Waals surface area contributed by atoms with Crippen LogP contribution in [0.15, 0.2) is 0 Å². The molecule has 0 heterocycles. The lowest BCUT2D eigenvalue weighted by atomic mass is 9.69. The predicted molar refractivity (Wildman–Crippen MR) is 46.4 cm³/mol. The fourth-order valence-electron chi connectivity index (χ4n) is 2.04. The molecule has 3 heteroatoms. The van der Waals surface area contributed by atoms with Gasteiger partial charge in [-0.1, -0.05) is 13.8 Å². The smallest absolute Gasteiger partial charge is 0.249 e. The highest BCUT2D eigenvalue weighted by atomic mass is 16.3. The molecule has 0 aromatic carbocycles. The van der Waals surface area contributed by atoms with Crippen LogP contribution in [0.2, 0.25) is 0 Å². The monoisotopic (exact) mass is 171 g/mol. The maximum absolute atomic E-state index is 10.9. The Morgan fingerprint density at radius 2 is 2.00 bits per heavy atom. The molecule has 1 aliphatic carbocycles. The Kier molecular flexibility index (Phi) is 2.17. The van der Waals surface area contributed by atoms with Crippen molar-refractivity contribution in [3.05, 3.63) is 0 Å². The largest absolute Gasteiger partial charge is 0.380 e. The number of carbonyl (C=O) groups is 1. The van der Waals surface area contributed by atoms with E-state index in [2.05, 4.69) is 13.8 Å². The third-order valence-electron chi connectivity index (χ3n) is 2.67. The van der Waals surface area contributed by atoms with Crippen LogP contribution >= 0.6 is 0 Å². The average molecular weight is 171 g/mol. The van der Waals surface area contributed by atoms with E-state index >= 15 is 0 Å². The first-order chi connectivity index (χ1) is 5.36. The van der Waals surface area contributed by atoms with Gasteiger partial charge in [0.15, 0.2) is 0 Å². The molecule has 1 atom stereocenters. The van der Waals surface area contributed by atoms with Gasteiger partial charge in [0.1, 0.15) is 5.60 Å². The average Bonchev–Trinajstić information content (AvgIpc) is 1.83. The lowest BCUT2D eigenvalue weighted by Crippen LogP contribution is -2.49. The van der Waals surface area contributed by atoms with Crippen LogP contribution in [0.5, 0.6) is 0 Å². The van der Waals surface area contributed by atoms with Crippen molar-refractivity contribution in [1.82, 2.24) is 0 Å². The summed E-state index contributed by atoms with van der Waals surface area (Å²) in [7, 11) is 0. The first-order valence-corrected chi connectivity index (χ1v) is 4.38. The normalized spacial score (nSPS) is 34.6. The Bertz CT molecular complexity index is 201. The van der Waals surface area contributed by atoms with Crippen molar-refractivity contribution in [2.24, 2.45) is 11.1 Å². The van der Waals surface area contributed by atoms with Gasteiger partial charge in [-0.25, -0.2) is 0 Å². The molecule has 0 aromatic rings. The Hall–Kier alpha value is -0.570. The third kappa shape index (κ3) is 1.78. The van der Waals surface area contributed by atoms with Crippen molar-refractivity contribution in [2.75, 3.05) is 0 Å². The molecular weight excluding hydrogens is 154 g/mol. The van der Waals surface area contributed by atoms with E-state index in [1.807, 2.05) is 0 Å². The van der Waals surface area contributed by atoms with Crippen molar-refractivity contribution >= 4 is 5.91 Å². The van der Waals surface area contributed by atoms with E-state index < -0.39 is 11.5 Å².